The molecule has 0 saturated heterocycles. The molecule has 0 saturated carbocycles. The summed E-state index contributed by atoms with van der Waals surface area (Å²) in [6, 6.07) is 10.3. The fourth-order valence-electron chi connectivity index (χ4n) is 3.90. The van der Waals surface area contributed by atoms with Gasteiger partial charge in [0.15, 0.2) is 11.5 Å². The first-order chi connectivity index (χ1) is 15.3. The Labute approximate surface area is 182 Å². The summed E-state index contributed by atoms with van der Waals surface area (Å²) < 4.78 is 49.4. The number of benzene rings is 2. The molecule has 0 amide bonds. The number of hydrogen-bond donors (Lipinski definition) is 1. The third-order valence-electron chi connectivity index (χ3n) is 5.52. The van der Waals surface area contributed by atoms with Crippen LogP contribution in [0.15, 0.2) is 47.3 Å². The van der Waals surface area contributed by atoms with E-state index in [0.29, 0.717) is 54.4 Å². The highest BCUT2D eigenvalue weighted by atomic mass is 19.4. The van der Waals surface area contributed by atoms with Crippen molar-refractivity contribution in [3.8, 4) is 22.9 Å². The first-order valence-corrected chi connectivity index (χ1v) is 10.0. The maximum absolute atomic E-state index is 12.8. The molecule has 9 heteroatoms. The normalized spacial score (nSPS) is 14.2. The van der Waals surface area contributed by atoms with Gasteiger partial charge < -0.3 is 14.5 Å². The Morgan fingerprint density at radius 3 is 2.50 bits per heavy atom. The van der Waals surface area contributed by atoms with Crippen LogP contribution >= 0.6 is 0 Å². The first kappa shape index (κ1) is 21.9. The number of aromatic amines is 1. The third-order valence-corrected chi connectivity index (χ3v) is 5.52. The van der Waals surface area contributed by atoms with Gasteiger partial charge in [0.1, 0.15) is 5.82 Å². The highest BCUT2D eigenvalue weighted by molar-refractivity contribution is 5.56. The number of nitrogens with zero attached hydrogens (tertiary/aromatic N) is 2. The lowest BCUT2D eigenvalue weighted by Crippen LogP contribution is -2.35. The van der Waals surface area contributed by atoms with Crippen LogP contribution in [0.4, 0.5) is 13.2 Å². The van der Waals surface area contributed by atoms with Crippen molar-refractivity contribution < 1.29 is 22.6 Å². The SMILES string of the molecule is COc1cccc(CN2CCc3c(nc(-c4ccc(C(F)(F)F)cc4)[nH]c3=O)C2)c1OC. The Morgan fingerprint density at radius 2 is 1.84 bits per heavy atom. The standard InChI is InChI=1S/C23H22F3N3O3/c1-31-19-5-3-4-15(20(19)32-2)12-29-11-10-17-18(13-29)27-21(28-22(17)30)14-6-8-16(9-7-14)23(24,25)26/h3-9H,10-13H2,1-2H3,(H,27,28,30). The minimum Gasteiger partial charge on any atom is -0.493 e. The molecule has 0 bridgehead atoms. The van der Waals surface area contributed by atoms with Crippen LogP contribution in [0.3, 0.4) is 0 Å². The number of hydrogen-bond acceptors (Lipinski definition) is 5. The molecular formula is C23H22F3N3O3. The second-order valence-electron chi connectivity index (χ2n) is 7.53. The van der Waals surface area contributed by atoms with E-state index >= 15 is 0 Å². The molecule has 0 fully saturated rings. The van der Waals surface area contributed by atoms with Crippen molar-refractivity contribution in [3.63, 3.8) is 0 Å². The molecule has 168 valence electrons. The summed E-state index contributed by atoms with van der Waals surface area (Å²) in [5.74, 6) is 1.55. The molecule has 6 nitrogen and oxygen atoms in total. The molecule has 0 unspecified atom stereocenters. The van der Waals surface area contributed by atoms with Gasteiger partial charge in [-0.3, -0.25) is 9.69 Å². The van der Waals surface area contributed by atoms with Crippen LogP contribution in [-0.4, -0.2) is 35.6 Å². The third kappa shape index (κ3) is 4.34. The molecule has 0 atom stereocenters. The molecule has 0 aliphatic carbocycles. The zero-order valence-corrected chi connectivity index (χ0v) is 17.6. The van der Waals surface area contributed by atoms with E-state index in [1.165, 1.54) is 12.1 Å². The van der Waals surface area contributed by atoms with E-state index in [2.05, 4.69) is 14.9 Å². The fraction of sp³-hybridized carbons (Fsp3) is 0.304. The number of aromatic nitrogens is 2. The van der Waals surface area contributed by atoms with Crippen molar-refractivity contribution in [2.75, 3.05) is 20.8 Å². The Balaban J connectivity index is 1.60. The van der Waals surface area contributed by atoms with Gasteiger partial charge >= 0.3 is 6.18 Å². The summed E-state index contributed by atoms with van der Waals surface area (Å²) in [7, 11) is 3.17. The summed E-state index contributed by atoms with van der Waals surface area (Å²) in [5, 5.41) is 0. The van der Waals surface area contributed by atoms with E-state index < -0.39 is 11.7 Å². The van der Waals surface area contributed by atoms with Crippen molar-refractivity contribution in [2.24, 2.45) is 0 Å². The van der Waals surface area contributed by atoms with E-state index in [0.717, 1.165) is 17.7 Å². The molecule has 4 rings (SSSR count). The van der Waals surface area contributed by atoms with E-state index in [-0.39, 0.29) is 11.4 Å². The van der Waals surface area contributed by atoms with Gasteiger partial charge in [-0.2, -0.15) is 13.2 Å². The van der Waals surface area contributed by atoms with Crippen molar-refractivity contribution in [1.82, 2.24) is 14.9 Å². The van der Waals surface area contributed by atoms with E-state index in [9.17, 15) is 18.0 Å². The number of alkyl halides is 3. The van der Waals surface area contributed by atoms with Crippen LogP contribution in [0.1, 0.15) is 22.4 Å². The van der Waals surface area contributed by atoms with E-state index in [1.54, 1.807) is 14.2 Å². The number of methoxy groups -OCH3 is 2. The zero-order valence-electron chi connectivity index (χ0n) is 17.6. The number of rotatable bonds is 5. The van der Waals surface area contributed by atoms with Crippen molar-refractivity contribution in [1.29, 1.82) is 0 Å². The minimum atomic E-state index is -4.42. The molecule has 2 aromatic carbocycles. The Hall–Kier alpha value is -3.33. The predicted molar refractivity (Wildman–Crippen MR) is 113 cm³/mol. The number of halogens is 3. The Kier molecular flexibility index (Phi) is 5.92. The fourth-order valence-corrected chi connectivity index (χ4v) is 3.90. The number of H-pyrrole nitrogens is 1. The number of fused-ring (bicyclic) bond motifs is 1. The van der Waals surface area contributed by atoms with Crippen molar-refractivity contribution >= 4 is 0 Å². The van der Waals surface area contributed by atoms with E-state index in [4.69, 9.17) is 9.47 Å². The van der Waals surface area contributed by atoms with Gasteiger partial charge in [-0.1, -0.05) is 24.3 Å². The van der Waals surface area contributed by atoms with Gasteiger partial charge in [0.25, 0.3) is 5.56 Å². The Bertz CT molecular complexity index is 1170. The summed E-state index contributed by atoms with van der Waals surface area (Å²) in [6.07, 6.45) is -3.89. The predicted octanol–water partition coefficient (Wildman–Crippen LogP) is 4.03. The van der Waals surface area contributed by atoms with Crippen molar-refractivity contribution in [3.05, 3.63) is 75.2 Å². The second kappa shape index (κ2) is 8.66. The molecule has 32 heavy (non-hydrogen) atoms. The average Bonchev–Trinajstić information content (AvgIpc) is 2.78. The van der Waals surface area contributed by atoms with Gasteiger partial charge in [0, 0.05) is 36.3 Å². The summed E-state index contributed by atoms with van der Waals surface area (Å²) in [4.78, 5) is 22.0. The highest BCUT2D eigenvalue weighted by Gasteiger charge is 2.30. The van der Waals surface area contributed by atoms with Crippen LogP contribution in [0.5, 0.6) is 11.5 Å². The van der Waals surface area contributed by atoms with Crippen molar-refractivity contribution in [2.45, 2.75) is 25.7 Å². The molecular weight excluding hydrogens is 423 g/mol. The molecule has 2 heterocycles. The number of ether oxygens (including phenoxy) is 2. The van der Waals surface area contributed by atoms with Crippen LogP contribution in [0.2, 0.25) is 0 Å². The maximum Gasteiger partial charge on any atom is 0.416 e. The first-order valence-electron chi connectivity index (χ1n) is 10.0. The van der Waals surface area contributed by atoms with Crippen LogP contribution < -0.4 is 15.0 Å². The van der Waals surface area contributed by atoms with Gasteiger partial charge in [-0.25, -0.2) is 4.98 Å². The lowest BCUT2D eigenvalue weighted by molar-refractivity contribution is -0.137. The zero-order chi connectivity index (χ0) is 22.9. The summed E-state index contributed by atoms with van der Waals surface area (Å²) in [6.45, 7) is 1.68. The molecule has 1 aliphatic rings. The van der Waals surface area contributed by atoms with Gasteiger partial charge in [-0.15, -0.1) is 0 Å². The Morgan fingerprint density at radius 1 is 1.09 bits per heavy atom. The average molecular weight is 445 g/mol. The molecule has 1 N–H and O–H groups in total. The van der Waals surface area contributed by atoms with Crippen LogP contribution in [-0.2, 0) is 25.7 Å². The molecule has 1 aromatic heterocycles. The van der Waals surface area contributed by atoms with Gasteiger partial charge in [0.2, 0.25) is 0 Å². The lowest BCUT2D eigenvalue weighted by atomic mass is 10.0. The second-order valence-corrected chi connectivity index (χ2v) is 7.53. The van der Waals surface area contributed by atoms with E-state index in [1.807, 2.05) is 18.2 Å². The van der Waals surface area contributed by atoms with Gasteiger partial charge in [-0.05, 0) is 24.6 Å². The van der Waals surface area contributed by atoms with Crippen LogP contribution in [0.25, 0.3) is 11.4 Å². The summed E-state index contributed by atoms with van der Waals surface area (Å²) >= 11 is 0. The lowest BCUT2D eigenvalue weighted by Gasteiger charge is -2.28. The highest BCUT2D eigenvalue weighted by Crippen LogP contribution is 2.33. The topological polar surface area (TPSA) is 67.5 Å². The van der Waals surface area contributed by atoms with Crippen LogP contribution in [0, 0.1) is 0 Å². The molecule has 0 radical (unpaired) electrons. The molecule has 0 spiro atoms. The number of nitrogens with one attached hydrogen (secondary N) is 1. The smallest absolute Gasteiger partial charge is 0.416 e. The quantitative estimate of drug-likeness (QED) is 0.642. The number of para-hydroxylation sites is 1. The molecule has 3 aromatic rings. The minimum absolute atomic E-state index is 0.253. The largest absolute Gasteiger partial charge is 0.493 e. The van der Waals surface area contributed by atoms with Gasteiger partial charge in [0.05, 0.1) is 25.5 Å². The monoisotopic (exact) mass is 445 g/mol. The maximum atomic E-state index is 12.8. The molecule has 1 aliphatic heterocycles. The summed E-state index contributed by atoms with van der Waals surface area (Å²) in [5.41, 5.74) is 1.59.